The Morgan fingerprint density at radius 1 is 1.20 bits per heavy atom. The number of ether oxygens (including phenoxy) is 3. The molecular weight excluding hydrogens is 332 g/mol. The molecular formula is C17H30O8. The van der Waals surface area contributed by atoms with Crippen molar-refractivity contribution in [2.45, 2.75) is 82.9 Å². The fourth-order valence-corrected chi connectivity index (χ4v) is 2.32. The number of aliphatic hydroxyl groups is 4. The van der Waals surface area contributed by atoms with Gasteiger partial charge in [-0.15, -0.1) is 0 Å². The zero-order chi connectivity index (χ0) is 19.2. The Bertz CT molecular complexity index is 442. The van der Waals surface area contributed by atoms with Crippen LogP contribution in [0.25, 0.3) is 0 Å². The van der Waals surface area contributed by atoms with Crippen LogP contribution in [0.5, 0.6) is 0 Å². The summed E-state index contributed by atoms with van der Waals surface area (Å²) in [5.41, 5.74) is -0.541. The number of carbonyl (C=O) groups excluding carboxylic acids is 1. The highest BCUT2D eigenvalue weighted by atomic mass is 16.7. The van der Waals surface area contributed by atoms with Gasteiger partial charge in [0.25, 0.3) is 0 Å². The number of rotatable bonds is 7. The van der Waals surface area contributed by atoms with Gasteiger partial charge in [0.15, 0.2) is 6.29 Å². The standard InChI is InChI=1S/C17H30O8/c1-10(7-5-6-8-12(19)25-17(2,3)4)23-16-15(22)14(21)13(20)11(9-18)24-16/h6,8,10-11,13-16,18,20-22H,5,7,9H2,1-4H3/b8-6+/t10?,11?,13-,14?,15?,16+/m1/s1. The molecule has 25 heavy (non-hydrogen) atoms. The van der Waals surface area contributed by atoms with E-state index >= 15 is 0 Å². The highest BCUT2D eigenvalue weighted by Gasteiger charge is 2.44. The van der Waals surface area contributed by atoms with Gasteiger partial charge in [0, 0.05) is 6.08 Å². The summed E-state index contributed by atoms with van der Waals surface area (Å²) in [6, 6.07) is 0. The number of hydrogen-bond acceptors (Lipinski definition) is 8. The molecule has 1 aliphatic heterocycles. The zero-order valence-corrected chi connectivity index (χ0v) is 15.2. The normalized spacial score (nSPS) is 31.9. The molecule has 4 N–H and O–H groups in total. The summed E-state index contributed by atoms with van der Waals surface area (Å²) in [5.74, 6) is -0.421. The SMILES string of the molecule is CC(CC/C=C/C(=O)OC(C)(C)C)O[C@H]1OC(CO)[C@@H](O)C(O)C1O. The number of allylic oxidation sites excluding steroid dienone is 1. The van der Waals surface area contributed by atoms with Crippen LogP contribution < -0.4 is 0 Å². The van der Waals surface area contributed by atoms with Crippen LogP contribution in [0, 0.1) is 0 Å². The van der Waals surface area contributed by atoms with Crippen molar-refractivity contribution in [1.29, 1.82) is 0 Å². The molecule has 0 aromatic carbocycles. The van der Waals surface area contributed by atoms with Crippen LogP contribution in [-0.2, 0) is 19.0 Å². The van der Waals surface area contributed by atoms with Crippen molar-refractivity contribution in [2.24, 2.45) is 0 Å². The fraction of sp³-hybridized carbons (Fsp3) is 0.824. The summed E-state index contributed by atoms with van der Waals surface area (Å²) in [6.07, 6.45) is -2.69. The topological polar surface area (TPSA) is 126 Å². The Morgan fingerprint density at radius 3 is 2.40 bits per heavy atom. The van der Waals surface area contributed by atoms with Gasteiger partial charge < -0.3 is 34.6 Å². The van der Waals surface area contributed by atoms with Gasteiger partial charge in [0.05, 0.1) is 12.7 Å². The number of carbonyl (C=O) groups is 1. The van der Waals surface area contributed by atoms with Gasteiger partial charge in [-0.2, -0.15) is 0 Å². The number of aliphatic hydroxyl groups excluding tert-OH is 4. The first kappa shape index (κ1) is 22.0. The molecule has 1 heterocycles. The average Bonchev–Trinajstić information content (AvgIpc) is 2.50. The van der Waals surface area contributed by atoms with Crippen molar-refractivity contribution in [2.75, 3.05) is 6.61 Å². The van der Waals surface area contributed by atoms with E-state index in [4.69, 9.17) is 19.3 Å². The lowest BCUT2D eigenvalue weighted by Crippen LogP contribution is -2.59. The van der Waals surface area contributed by atoms with Gasteiger partial charge in [-0.3, -0.25) is 0 Å². The highest BCUT2D eigenvalue weighted by molar-refractivity contribution is 5.82. The molecule has 6 atom stereocenters. The van der Waals surface area contributed by atoms with E-state index in [9.17, 15) is 20.1 Å². The van der Waals surface area contributed by atoms with Gasteiger partial charge in [-0.25, -0.2) is 4.79 Å². The van der Waals surface area contributed by atoms with Gasteiger partial charge in [-0.05, 0) is 40.5 Å². The first-order valence-electron chi connectivity index (χ1n) is 8.40. The molecule has 146 valence electrons. The Morgan fingerprint density at radius 2 is 1.84 bits per heavy atom. The van der Waals surface area contributed by atoms with Gasteiger partial charge >= 0.3 is 5.97 Å². The van der Waals surface area contributed by atoms with E-state index in [1.54, 1.807) is 33.8 Å². The van der Waals surface area contributed by atoms with Crippen molar-refractivity contribution in [1.82, 2.24) is 0 Å². The van der Waals surface area contributed by atoms with Crippen LogP contribution in [0.1, 0.15) is 40.5 Å². The number of esters is 1. The molecule has 0 saturated carbocycles. The lowest BCUT2D eigenvalue weighted by atomic mass is 9.99. The maximum absolute atomic E-state index is 11.5. The third-order valence-corrected chi connectivity index (χ3v) is 3.62. The summed E-state index contributed by atoms with van der Waals surface area (Å²) in [6.45, 7) is 6.61. The maximum Gasteiger partial charge on any atom is 0.330 e. The lowest BCUT2D eigenvalue weighted by Gasteiger charge is -2.40. The van der Waals surface area contributed by atoms with E-state index in [0.29, 0.717) is 12.8 Å². The molecule has 0 aromatic rings. The van der Waals surface area contributed by atoms with E-state index in [2.05, 4.69) is 0 Å². The van der Waals surface area contributed by atoms with Crippen molar-refractivity contribution in [3.63, 3.8) is 0 Å². The van der Waals surface area contributed by atoms with Crippen LogP contribution in [0.15, 0.2) is 12.2 Å². The molecule has 1 saturated heterocycles. The minimum Gasteiger partial charge on any atom is -0.457 e. The molecule has 0 spiro atoms. The molecule has 1 rings (SSSR count). The third-order valence-electron chi connectivity index (χ3n) is 3.62. The van der Waals surface area contributed by atoms with Gasteiger partial charge in [0.1, 0.15) is 30.0 Å². The van der Waals surface area contributed by atoms with E-state index in [0.717, 1.165) is 0 Å². The number of hydrogen-bond donors (Lipinski definition) is 4. The molecule has 1 aliphatic rings. The maximum atomic E-state index is 11.5. The Labute approximate surface area is 148 Å². The predicted octanol–water partition coefficient (Wildman–Crippen LogP) is -0.131. The van der Waals surface area contributed by atoms with E-state index in [1.165, 1.54) is 6.08 Å². The quantitative estimate of drug-likeness (QED) is 0.364. The minimum atomic E-state index is -1.46. The molecule has 0 radical (unpaired) electrons. The molecule has 8 nitrogen and oxygen atoms in total. The highest BCUT2D eigenvalue weighted by Crippen LogP contribution is 2.23. The minimum absolute atomic E-state index is 0.343. The van der Waals surface area contributed by atoms with Crippen molar-refractivity contribution >= 4 is 5.97 Å². The Hall–Kier alpha value is -1.03. The zero-order valence-electron chi connectivity index (χ0n) is 15.2. The predicted molar refractivity (Wildman–Crippen MR) is 88.5 cm³/mol. The van der Waals surface area contributed by atoms with Crippen LogP contribution in [0.3, 0.4) is 0 Å². The molecule has 0 bridgehead atoms. The Balaban J connectivity index is 2.41. The third kappa shape index (κ3) is 7.39. The molecule has 0 aromatic heterocycles. The second-order valence-corrected chi connectivity index (χ2v) is 7.16. The molecule has 4 unspecified atom stereocenters. The summed E-state index contributed by atoms with van der Waals surface area (Å²) in [4.78, 5) is 11.5. The van der Waals surface area contributed by atoms with Gasteiger partial charge in [0.2, 0.25) is 0 Å². The van der Waals surface area contributed by atoms with E-state index in [1.807, 2.05) is 0 Å². The smallest absolute Gasteiger partial charge is 0.330 e. The second-order valence-electron chi connectivity index (χ2n) is 7.16. The average molecular weight is 362 g/mol. The summed E-state index contributed by atoms with van der Waals surface area (Å²) < 4.78 is 16.0. The molecule has 8 heteroatoms. The largest absolute Gasteiger partial charge is 0.457 e. The summed E-state index contributed by atoms with van der Waals surface area (Å²) in [5, 5.41) is 38.5. The van der Waals surface area contributed by atoms with Crippen LogP contribution in [-0.4, -0.2) is 75.4 Å². The molecule has 0 amide bonds. The van der Waals surface area contributed by atoms with Crippen molar-refractivity contribution in [3.8, 4) is 0 Å². The van der Waals surface area contributed by atoms with Crippen molar-refractivity contribution < 1.29 is 39.4 Å². The second kappa shape index (κ2) is 9.61. The van der Waals surface area contributed by atoms with Crippen LogP contribution in [0.4, 0.5) is 0 Å². The first-order chi connectivity index (χ1) is 11.5. The van der Waals surface area contributed by atoms with E-state index in [-0.39, 0.29) is 6.10 Å². The van der Waals surface area contributed by atoms with Crippen LogP contribution >= 0.6 is 0 Å². The summed E-state index contributed by atoms with van der Waals surface area (Å²) in [7, 11) is 0. The monoisotopic (exact) mass is 362 g/mol. The lowest BCUT2D eigenvalue weighted by molar-refractivity contribution is -0.310. The summed E-state index contributed by atoms with van der Waals surface area (Å²) >= 11 is 0. The Kier molecular flexibility index (Phi) is 8.46. The van der Waals surface area contributed by atoms with E-state index < -0.39 is 48.9 Å². The van der Waals surface area contributed by atoms with Gasteiger partial charge in [-0.1, -0.05) is 6.08 Å². The molecule has 1 fully saturated rings. The fourth-order valence-electron chi connectivity index (χ4n) is 2.32. The van der Waals surface area contributed by atoms with Crippen molar-refractivity contribution in [3.05, 3.63) is 12.2 Å². The molecule has 0 aliphatic carbocycles. The first-order valence-corrected chi connectivity index (χ1v) is 8.40. The van der Waals surface area contributed by atoms with Crippen LogP contribution in [0.2, 0.25) is 0 Å².